The zero-order valence-electron chi connectivity index (χ0n) is 10.3. The highest BCUT2D eigenvalue weighted by molar-refractivity contribution is 9.10. The average Bonchev–Trinajstić information content (AvgIpc) is 2.36. The maximum Gasteiger partial charge on any atom is 0.243 e. The van der Waals surface area contributed by atoms with E-state index in [2.05, 4.69) is 25.6 Å². The first-order chi connectivity index (χ1) is 8.97. The zero-order valence-corrected chi connectivity index (χ0v) is 13.4. The van der Waals surface area contributed by atoms with Gasteiger partial charge in [0.2, 0.25) is 10.0 Å². The Morgan fingerprint density at radius 1 is 1.32 bits per heavy atom. The van der Waals surface area contributed by atoms with Crippen LogP contribution in [0.4, 0.5) is 0 Å². The van der Waals surface area contributed by atoms with Gasteiger partial charge >= 0.3 is 0 Å². The molecule has 1 aromatic rings. The van der Waals surface area contributed by atoms with Gasteiger partial charge < -0.3 is 5.11 Å². The van der Waals surface area contributed by atoms with Crippen molar-refractivity contribution in [1.29, 1.82) is 0 Å². The van der Waals surface area contributed by atoms with Crippen LogP contribution in [0, 0.1) is 0 Å². The van der Waals surface area contributed by atoms with E-state index >= 15 is 0 Å². The van der Waals surface area contributed by atoms with Crippen molar-refractivity contribution in [2.45, 2.75) is 30.6 Å². The third-order valence-electron chi connectivity index (χ3n) is 2.44. The molecule has 2 N–H and O–H groups in total. The first-order valence-electron chi connectivity index (χ1n) is 5.89. The molecule has 1 rings (SSSR count). The standard InChI is InChI=1S/C11H16BrClN2O3S/c12-9-7-10(11(13)14-8-9)19(17,18)15-5-3-1-2-4-6-16/h7-8,15-16H,1-6H2. The molecule has 0 amide bonds. The van der Waals surface area contributed by atoms with Gasteiger partial charge in [-0.1, -0.05) is 24.4 Å². The molecule has 0 aliphatic carbocycles. The number of pyridine rings is 1. The van der Waals surface area contributed by atoms with Crippen molar-refractivity contribution in [2.24, 2.45) is 0 Å². The molecule has 19 heavy (non-hydrogen) atoms. The fourth-order valence-electron chi connectivity index (χ4n) is 1.47. The predicted molar refractivity (Wildman–Crippen MR) is 77.7 cm³/mol. The second kappa shape index (κ2) is 8.16. The summed E-state index contributed by atoms with van der Waals surface area (Å²) in [5.41, 5.74) is 0. The first kappa shape index (κ1) is 16.8. The number of hydrogen-bond donors (Lipinski definition) is 2. The maximum absolute atomic E-state index is 12.0. The van der Waals surface area contributed by atoms with Crippen molar-refractivity contribution >= 4 is 37.6 Å². The van der Waals surface area contributed by atoms with Crippen LogP contribution in [0.3, 0.4) is 0 Å². The molecule has 8 heteroatoms. The summed E-state index contributed by atoms with van der Waals surface area (Å²) in [5.74, 6) is 0. The molecule has 1 heterocycles. The van der Waals surface area contributed by atoms with Gasteiger partial charge in [-0.2, -0.15) is 0 Å². The van der Waals surface area contributed by atoms with Gasteiger partial charge in [-0.3, -0.25) is 0 Å². The van der Waals surface area contributed by atoms with Crippen LogP contribution in [-0.2, 0) is 10.0 Å². The van der Waals surface area contributed by atoms with Gasteiger partial charge in [0.25, 0.3) is 0 Å². The molecular weight excluding hydrogens is 356 g/mol. The zero-order chi connectivity index (χ0) is 14.3. The highest BCUT2D eigenvalue weighted by Gasteiger charge is 2.18. The Hall–Kier alpha value is -0.210. The molecule has 108 valence electrons. The van der Waals surface area contributed by atoms with Crippen LogP contribution in [-0.4, -0.2) is 31.7 Å². The minimum absolute atomic E-state index is 0.0288. The van der Waals surface area contributed by atoms with Crippen molar-refractivity contribution < 1.29 is 13.5 Å². The van der Waals surface area contributed by atoms with Crippen LogP contribution < -0.4 is 4.72 Å². The largest absolute Gasteiger partial charge is 0.396 e. The van der Waals surface area contributed by atoms with Crippen molar-refractivity contribution in [1.82, 2.24) is 9.71 Å². The van der Waals surface area contributed by atoms with Gasteiger partial charge in [0.1, 0.15) is 10.0 Å². The maximum atomic E-state index is 12.0. The minimum atomic E-state index is -3.63. The Balaban J connectivity index is 2.54. The van der Waals surface area contributed by atoms with Gasteiger partial charge in [0, 0.05) is 23.8 Å². The molecule has 0 aliphatic rings. The van der Waals surface area contributed by atoms with Crippen molar-refractivity contribution in [2.75, 3.05) is 13.2 Å². The smallest absolute Gasteiger partial charge is 0.243 e. The molecule has 5 nitrogen and oxygen atoms in total. The molecule has 0 radical (unpaired) electrons. The lowest BCUT2D eigenvalue weighted by Crippen LogP contribution is -2.25. The average molecular weight is 372 g/mol. The number of nitrogens with zero attached hydrogens (tertiary/aromatic N) is 1. The van der Waals surface area contributed by atoms with Crippen molar-refractivity contribution in [3.8, 4) is 0 Å². The summed E-state index contributed by atoms with van der Waals surface area (Å²) in [5, 5.41) is 8.57. The second-order valence-corrected chi connectivity index (χ2v) is 6.99. The van der Waals surface area contributed by atoms with E-state index in [1.165, 1.54) is 12.3 Å². The van der Waals surface area contributed by atoms with E-state index in [9.17, 15) is 8.42 Å². The van der Waals surface area contributed by atoms with E-state index in [1.807, 2.05) is 0 Å². The lowest BCUT2D eigenvalue weighted by atomic mass is 10.2. The second-order valence-electron chi connectivity index (χ2n) is 3.98. The Morgan fingerprint density at radius 2 is 2.00 bits per heavy atom. The molecule has 0 aliphatic heterocycles. The molecule has 0 spiro atoms. The van der Waals surface area contributed by atoms with Gasteiger partial charge in [-0.05, 0) is 34.8 Å². The number of sulfonamides is 1. The number of rotatable bonds is 8. The highest BCUT2D eigenvalue weighted by atomic mass is 79.9. The highest BCUT2D eigenvalue weighted by Crippen LogP contribution is 2.22. The van der Waals surface area contributed by atoms with Crippen LogP contribution in [0.25, 0.3) is 0 Å². The van der Waals surface area contributed by atoms with E-state index in [4.69, 9.17) is 16.7 Å². The summed E-state index contributed by atoms with van der Waals surface area (Å²) in [7, 11) is -3.63. The number of hydrogen-bond acceptors (Lipinski definition) is 4. The van der Waals surface area contributed by atoms with Gasteiger partial charge in [-0.15, -0.1) is 0 Å². The lowest BCUT2D eigenvalue weighted by molar-refractivity contribution is 0.282. The summed E-state index contributed by atoms with van der Waals surface area (Å²) < 4.78 is 27.0. The van der Waals surface area contributed by atoms with Gasteiger partial charge in [0.05, 0.1) is 0 Å². The van der Waals surface area contributed by atoms with Gasteiger partial charge in [-0.25, -0.2) is 18.1 Å². The Morgan fingerprint density at radius 3 is 2.68 bits per heavy atom. The summed E-state index contributed by atoms with van der Waals surface area (Å²) >= 11 is 8.95. The summed E-state index contributed by atoms with van der Waals surface area (Å²) in [4.78, 5) is 3.76. The Kier molecular flexibility index (Phi) is 7.23. The van der Waals surface area contributed by atoms with Crippen LogP contribution in [0.5, 0.6) is 0 Å². The van der Waals surface area contributed by atoms with Crippen molar-refractivity contribution in [3.05, 3.63) is 21.9 Å². The normalized spacial score (nSPS) is 11.7. The van der Waals surface area contributed by atoms with E-state index in [0.29, 0.717) is 11.0 Å². The third-order valence-corrected chi connectivity index (χ3v) is 4.76. The van der Waals surface area contributed by atoms with Crippen LogP contribution in [0.2, 0.25) is 5.15 Å². The van der Waals surface area contributed by atoms with E-state index in [-0.39, 0.29) is 16.7 Å². The number of halogens is 2. The molecule has 0 saturated carbocycles. The van der Waals surface area contributed by atoms with Crippen LogP contribution in [0.1, 0.15) is 25.7 Å². The molecule has 1 aromatic heterocycles. The molecule has 0 atom stereocenters. The molecule has 0 saturated heterocycles. The van der Waals surface area contributed by atoms with E-state index < -0.39 is 10.0 Å². The minimum Gasteiger partial charge on any atom is -0.396 e. The summed E-state index contributed by atoms with van der Waals surface area (Å²) in [6, 6.07) is 1.42. The molecular formula is C11H16BrClN2O3S. The molecule has 0 bridgehead atoms. The first-order valence-corrected chi connectivity index (χ1v) is 8.54. The SMILES string of the molecule is O=S(=O)(NCCCCCCO)c1cc(Br)cnc1Cl. The predicted octanol–water partition coefficient (Wildman–Crippen LogP) is 2.33. The topological polar surface area (TPSA) is 79.3 Å². The fourth-order valence-corrected chi connectivity index (χ4v) is 3.48. The Bertz CT molecular complexity index is 511. The summed E-state index contributed by atoms with van der Waals surface area (Å²) in [6.45, 7) is 0.516. The van der Waals surface area contributed by atoms with E-state index in [1.54, 1.807) is 0 Å². The quantitative estimate of drug-likeness (QED) is 0.543. The van der Waals surface area contributed by atoms with E-state index in [0.717, 1.165) is 25.7 Å². The summed E-state index contributed by atoms with van der Waals surface area (Å²) in [6.07, 6.45) is 4.66. The third kappa shape index (κ3) is 5.74. The number of nitrogens with one attached hydrogen (secondary N) is 1. The number of aliphatic hydroxyl groups is 1. The molecule has 0 fully saturated rings. The van der Waals surface area contributed by atoms with Crippen LogP contribution >= 0.6 is 27.5 Å². The molecule has 0 aromatic carbocycles. The molecule has 0 unspecified atom stereocenters. The monoisotopic (exact) mass is 370 g/mol. The number of aliphatic hydroxyl groups excluding tert-OH is 1. The number of unbranched alkanes of at least 4 members (excludes halogenated alkanes) is 3. The lowest BCUT2D eigenvalue weighted by Gasteiger charge is -2.08. The van der Waals surface area contributed by atoms with Crippen LogP contribution in [0.15, 0.2) is 21.6 Å². The van der Waals surface area contributed by atoms with Crippen molar-refractivity contribution in [3.63, 3.8) is 0 Å². The Labute approximate surface area is 126 Å². The number of aromatic nitrogens is 1. The fraction of sp³-hybridized carbons (Fsp3) is 0.545. The van der Waals surface area contributed by atoms with Gasteiger partial charge in [0.15, 0.2) is 0 Å².